The quantitative estimate of drug-likeness (QED) is 0.638. The van der Waals surface area contributed by atoms with Gasteiger partial charge in [0.1, 0.15) is 11.6 Å². The second-order valence-electron chi connectivity index (χ2n) is 3.17. The van der Waals surface area contributed by atoms with E-state index in [1.54, 1.807) is 13.3 Å². The maximum Gasteiger partial charge on any atom is 0.131 e. The lowest BCUT2D eigenvalue weighted by atomic mass is 10.4. The highest BCUT2D eigenvalue weighted by Crippen LogP contribution is 2.02. The van der Waals surface area contributed by atoms with Crippen LogP contribution in [0.1, 0.15) is 12.2 Å². The van der Waals surface area contributed by atoms with Crippen molar-refractivity contribution < 1.29 is 4.74 Å². The molecule has 0 aliphatic carbocycles. The van der Waals surface area contributed by atoms with Crippen molar-refractivity contribution >= 4 is 5.82 Å². The van der Waals surface area contributed by atoms with Crippen LogP contribution in [0.4, 0.5) is 5.82 Å². The van der Waals surface area contributed by atoms with Crippen molar-refractivity contribution in [1.29, 1.82) is 0 Å². The summed E-state index contributed by atoms with van der Waals surface area (Å²) in [7, 11) is 1.70. The lowest BCUT2D eigenvalue weighted by molar-refractivity contribution is 0.198. The molecule has 1 aromatic heterocycles. The highest BCUT2D eigenvalue weighted by atomic mass is 16.5. The topological polar surface area (TPSA) is 73.1 Å². The third-order valence-electron chi connectivity index (χ3n) is 1.90. The average Bonchev–Trinajstić information content (AvgIpc) is 2.26. The highest BCUT2D eigenvalue weighted by Gasteiger charge is 1.97. The third-order valence-corrected chi connectivity index (χ3v) is 1.90. The van der Waals surface area contributed by atoms with Gasteiger partial charge in [0.2, 0.25) is 0 Å². The molecule has 15 heavy (non-hydrogen) atoms. The van der Waals surface area contributed by atoms with Gasteiger partial charge in [-0.3, -0.25) is 0 Å². The minimum Gasteiger partial charge on any atom is -0.385 e. The summed E-state index contributed by atoms with van der Waals surface area (Å²) in [4.78, 5) is 8.43. The molecule has 0 spiro atoms. The van der Waals surface area contributed by atoms with Crippen LogP contribution < -0.4 is 11.1 Å². The zero-order valence-electron chi connectivity index (χ0n) is 9.07. The van der Waals surface area contributed by atoms with Gasteiger partial charge >= 0.3 is 0 Å². The van der Waals surface area contributed by atoms with Crippen molar-refractivity contribution in [3.8, 4) is 0 Å². The van der Waals surface area contributed by atoms with Crippen LogP contribution in [0.2, 0.25) is 0 Å². The Morgan fingerprint density at radius 3 is 3.13 bits per heavy atom. The molecule has 5 nitrogen and oxygen atoms in total. The van der Waals surface area contributed by atoms with Crippen LogP contribution >= 0.6 is 0 Å². The van der Waals surface area contributed by atoms with Gasteiger partial charge in [-0.25, -0.2) is 9.97 Å². The smallest absolute Gasteiger partial charge is 0.131 e. The predicted molar refractivity (Wildman–Crippen MR) is 59.8 cm³/mol. The molecular formula is C10H18N4O. The van der Waals surface area contributed by atoms with Crippen LogP contribution in [0.3, 0.4) is 0 Å². The van der Waals surface area contributed by atoms with Gasteiger partial charge < -0.3 is 15.8 Å². The normalized spacial score (nSPS) is 10.3. The number of hydrogen-bond donors (Lipinski definition) is 2. The molecule has 0 aromatic carbocycles. The van der Waals surface area contributed by atoms with Gasteiger partial charge in [0.15, 0.2) is 0 Å². The van der Waals surface area contributed by atoms with Gasteiger partial charge in [0, 0.05) is 32.9 Å². The Balaban J connectivity index is 2.36. The van der Waals surface area contributed by atoms with E-state index in [-0.39, 0.29) is 0 Å². The van der Waals surface area contributed by atoms with Crippen LogP contribution in [0.15, 0.2) is 12.3 Å². The number of rotatable bonds is 7. The molecule has 1 aromatic rings. The standard InChI is InChI=1S/C10H18N4O/c1-15-8-2-6-12-10-4-7-13-9(14-10)3-5-11/h4,7H,2-3,5-6,8,11H2,1H3,(H,12,13,14). The molecule has 0 aliphatic heterocycles. The lowest BCUT2D eigenvalue weighted by Gasteiger charge is -2.05. The molecular weight excluding hydrogens is 192 g/mol. The number of hydrogen-bond acceptors (Lipinski definition) is 5. The Morgan fingerprint density at radius 1 is 1.53 bits per heavy atom. The molecule has 0 radical (unpaired) electrons. The van der Waals surface area contributed by atoms with Gasteiger partial charge in [-0.2, -0.15) is 0 Å². The summed E-state index contributed by atoms with van der Waals surface area (Å²) in [6, 6.07) is 1.85. The van der Waals surface area contributed by atoms with Crippen LogP contribution in [-0.4, -0.2) is 36.8 Å². The number of ether oxygens (including phenoxy) is 1. The first-order valence-electron chi connectivity index (χ1n) is 5.11. The highest BCUT2D eigenvalue weighted by molar-refractivity contribution is 5.32. The second kappa shape index (κ2) is 7.14. The summed E-state index contributed by atoms with van der Waals surface area (Å²) < 4.78 is 4.95. The molecule has 5 heteroatoms. The molecule has 0 fully saturated rings. The number of nitrogens with one attached hydrogen (secondary N) is 1. The number of anilines is 1. The summed E-state index contributed by atoms with van der Waals surface area (Å²) >= 11 is 0. The van der Waals surface area contributed by atoms with Crippen LogP contribution in [0, 0.1) is 0 Å². The van der Waals surface area contributed by atoms with E-state index < -0.39 is 0 Å². The first kappa shape index (κ1) is 11.9. The molecule has 0 aliphatic rings. The van der Waals surface area contributed by atoms with Gasteiger partial charge in [0.05, 0.1) is 0 Å². The van der Waals surface area contributed by atoms with Crippen LogP contribution in [-0.2, 0) is 11.2 Å². The lowest BCUT2D eigenvalue weighted by Crippen LogP contribution is -2.10. The minimum atomic E-state index is 0.577. The maximum atomic E-state index is 5.43. The van der Waals surface area contributed by atoms with Gasteiger partial charge in [-0.15, -0.1) is 0 Å². The summed E-state index contributed by atoms with van der Waals surface area (Å²) in [5, 5.41) is 3.21. The van der Waals surface area contributed by atoms with E-state index in [1.807, 2.05) is 6.07 Å². The Hall–Kier alpha value is -1.20. The van der Waals surface area contributed by atoms with Crippen LogP contribution in [0.25, 0.3) is 0 Å². The Labute approximate surface area is 90.1 Å². The molecule has 1 rings (SSSR count). The summed E-state index contributed by atoms with van der Waals surface area (Å²) in [5.74, 6) is 1.64. The molecule has 0 bridgehead atoms. The fourth-order valence-electron chi connectivity index (χ4n) is 1.18. The van der Waals surface area contributed by atoms with Gasteiger partial charge in [0.25, 0.3) is 0 Å². The monoisotopic (exact) mass is 210 g/mol. The molecule has 0 saturated heterocycles. The molecule has 0 saturated carbocycles. The van der Waals surface area contributed by atoms with Crippen molar-refractivity contribution in [1.82, 2.24) is 9.97 Å². The van der Waals surface area contributed by atoms with Crippen molar-refractivity contribution in [3.05, 3.63) is 18.1 Å². The molecule has 84 valence electrons. The summed E-state index contributed by atoms with van der Waals surface area (Å²) in [5.41, 5.74) is 5.43. The summed E-state index contributed by atoms with van der Waals surface area (Å²) in [6.45, 7) is 2.19. The fourth-order valence-corrected chi connectivity index (χ4v) is 1.18. The predicted octanol–water partition coefficient (Wildman–Crippen LogP) is 0.426. The molecule has 3 N–H and O–H groups in total. The van der Waals surface area contributed by atoms with Crippen LogP contribution in [0.5, 0.6) is 0 Å². The van der Waals surface area contributed by atoms with Gasteiger partial charge in [-0.1, -0.05) is 0 Å². The van der Waals surface area contributed by atoms with Crippen molar-refractivity contribution in [2.45, 2.75) is 12.8 Å². The molecule has 0 unspecified atom stereocenters. The first-order valence-corrected chi connectivity index (χ1v) is 5.11. The number of nitrogens with two attached hydrogens (primary N) is 1. The maximum absolute atomic E-state index is 5.43. The van der Waals surface area contributed by atoms with E-state index in [2.05, 4.69) is 15.3 Å². The Kier molecular flexibility index (Phi) is 5.65. The Morgan fingerprint density at radius 2 is 2.40 bits per heavy atom. The number of methoxy groups -OCH3 is 1. The van der Waals surface area contributed by atoms with E-state index in [0.717, 1.165) is 31.2 Å². The molecule has 0 amide bonds. The van der Waals surface area contributed by atoms with Crippen molar-refractivity contribution in [3.63, 3.8) is 0 Å². The van der Waals surface area contributed by atoms with Crippen molar-refractivity contribution in [2.24, 2.45) is 5.73 Å². The van der Waals surface area contributed by atoms with E-state index in [4.69, 9.17) is 10.5 Å². The van der Waals surface area contributed by atoms with E-state index >= 15 is 0 Å². The minimum absolute atomic E-state index is 0.577. The molecule has 1 heterocycles. The summed E-state index contributed by atoms with van der Waals surface area (Å²) in [6.07, 6.45) is 3.43. The number of aromatic nitrogens is 2. The van der Waals surface area contributed by atoms with Crippen molar-refractivity contribution in [2.75, 3.05) is 32.1 Å². The zero-order valence-corrected chi connectivity index (χ0v) is 9.07. The largest absolute Gasteiger partial charge is 0.385 e. The van der Waals surface area contributed by atoms with E-state index in [1.165, 1.54) is 0 Å². The number of nitrogens with zero attached hydrogens (tertiary/aromatic N) is 2. The van der Waals surface area contributed by atoms with E-state index in [9.17, 15) is 0 Å². The van der Waals surface area contributed by atoms with E-state index in [0.29, 0.717) is 13.0 Å². The SMILES string of the molecule is COCCCNc1ccnc(CCN)n1. The average molecular weight is 210 g/mol. The second-order valence-corrected chi connectivity index (χ2v) is 3.17. The zero-order chi connectivity index (χ0) is 10.9. The Bertz CT molecular complexity index is 280. The molecule has 0 atom stereocenters. The third kappa shape index (κ3) is 4.71. The van der Waals surface area contributed by atoms with Gasteiger partial charge in [-0.05, 0) is 19.0 Å². The first-order chi connectivity index (χ1) is 7.36. The fraction of sp³-hybridized carbons (Fsp3) is 0.600.